The van der Waals surface area contributed by atoms with Gasteiger partial charge in [-0.1, -0.05) is 22.0 Å². The predicted molar refractivity (Wildman–Crippen MR) is 106 cm³/mol. The van der Waals surface area contributed by atoms with E-state index in [2.05, 4.69) is 42.5 Å². The minimum Gasteiger partial charge on any atom is -0.352 e. The molecule has 0 saturated carbocycles. The van der Waals surface area contributed by atoms with Crippen molar-refractivity contribution < 1.29 is 9.59 Å². The van der Waals surface area contributed by atoms with Crippen molar-refractivity contribution >= 4 is 66.8 Å². The van der Waals surface area contributed by atoms with Crippen molar-refractivity contribution in [1.82, 2.24) is 5.32 Å². The summed E-state index contributed by atoms with van der Waals surface area (Å²) in [6, 6.07) is 9.55. The van der Waals surface area contributed by atoms with Crippen LogP contribution in [0.3, 0.4) is 0 Å². The zero-order valence-electron chi connectivity index (χ0n) is 12.9. The monoisotopic (exact) mass is 470 g/mol. The maximum atomic E-state index is 11.9. The molecule has 4 nitrogen and oxygen atoms in total. The Balaban J connectivity index is 1.75. The average Bonchev–Trinajstić information content (AvgIpc) is 2.94. The molecular weight excluding hydrogens is 456 g/mol. The normalized spacial score (nSPS) is 10.8. The van der Waals surface area contributed by atoms with Crippen molar-refractivity contribution in [2.45, 2.75) is 13.3 Å². The van der Waals surface area contributed by atoms with Crippen LogP contribution in [0.2, 0.25) is 0 Å². The van der Waals surface area contributed by atoms with Crippen LogP contribution < -0.4 is 10.6 Å². The summed E-state index contributed by atoms with van der Waals surface area (Å²) in [7, 11) is 0. The Morgan fingerprint density at radius 3 is 2.71 bits per heavy atom. The first kappa shape index (κ1) is 18.9. The quantitative estimate of drug-likeness (QED) is 0.597. The second kappa shape index (κ2) is 9.15. The molecule has 2 N–H and O–H groups in total. The molecule has 1 aromatic heterocycles. The van der Waals surface area contributed by atoms with E-state index >= 15 is 0 Å². The number of aryl methyl sites for hydroxylation is 1. The number of carbonyl (C=O) groups is 2. The lowest BCUT2D eigenvalue weighted by Gasteiger charge is -2.09. The lowest BCUT2D eigenvalue weighted by atomic mass is 10.2. The molecule has 0 aliphatic carbocycles. The number of carbonyl (C=O) groups excluding carboxylic acids is 2. The van der Waals surface area contributed by atoms with E-state index in [1.54, 1.807) is 17.4 Å². The van der Waals surface area contributed by atoms with E-state index in [0.717, 1.165) is 24.4 Å². The van der Waals surface area contributed by atoms with E-state index in [1.165, 1.54) is 6.08 Å². The highest BCUT2D eigenvalue weighted by Gasteiger charge is 2.06. The molecule has 126 valence electrons. The minimum atomic E-state index is -0.217. The second-order valence-corrected chi connectivity index (χ2v) is 8.43. The first-order valence-electron chi connectivity index (χ1n) is 7.21. The van der Waals surface area contributed by atoms with Gasteiger partial charge >= 0.3 is 0 Å². The van der Waals surface area contributed by atoms with Gasteiger partial charge in [-0.2, -0.15) is 0 Å². The summed E-state index contributed by atoms with van der Waals surface area (Å²) in [6.45, 7) is 2.22. The van der Waals surface area contributed by atoms with Crippen molar-refractivity contribution in [2.24, 2.45) is 0 Å². The molecule has 1 aromatic carbocycles. The summed E-state index contributed by atoms with van der Waals surface area (Å²) in [5.41, 5.74) is 1.75. The summed E-state index contributed by atoms with van der Waals surface area (Å²) in [5, 5.41) is 5.54. The van der Waals surface area contributed by atoms with Gasteiger partial charge in [-0.15, -0.1) is 11.3 Å². The summed E-state index contributed by atoms with van der Waals surface area (Å²) < 4.78 is 1.92. The van der Waals surface area contributed by atoms with Gasteiger partial charge in [0.1, 0.15) is 0 Å². The average molecular weight is 472 g/mol. The number of hydrogen-bond donors (Lipinski definition) is 2. The third-order valence-electron chi connectivity index (χ3n) is 3.12. The Labute approximate surface area is 161 Å². The van der Waals surface area contributed by atoms with Crippen molar-refractivity contribution in [1.29, 1.82) is 0 Å². The number of nitrogens with one attached hydrogen (secondary N) is 2. The molecule has 1 heterocycles. The lowest BCUT2D eigenvalue weighted by Crippen LogP contribution is -2.26. The maximum absolute atomic E-state index is 11.9. The molecule has 0 aliphatic rings. The van der Waals surface area contributed by atoms with Crippen molar-refractivity contribution in [3.05, 3.63) is 55.1 Å². The van der Waals surface area contributed by atoms with Crippen LogP contribution in [0, 0.1) is 6.92 Å². The van der Waals surface area contributed by atoms with Crippen LogP contribution in [0.5, 0.6) is 0 Å². The number of hydrogen-bond acceptors (Lipinski definition) is 3. The smallest absolute Gasteiger partial charge is 0.244 e. The standard InChI is InChI=1S/C17H16Br2N2O2S/c1-11-2-3-12(18)10-14(11)21-17(23)8-9-20-16(22)7-5-13-4-6-15(19)24-13/h2-7,10H,8-9H2,1H3,(H,20,22)(H,21,23)/b7-5+. The van der Waals surface area contributed by atoms with E-state index in [4.69, 9.17) is 0 Å². The van der Waals surface area contributed by atoms with E-state index < -0.39 is 0 Å². The van der Waals surface area contributed by atoms with Gasteiger partial charge in [0.2, 0.25) is 11.8 Å². The molecule has 0 saturated heterocycles. The van der Waals surface area contributed by atoms with Crippen molar-refractivity contribution in [3.63, 3.8) is 0 Å². The highest BCUT2D eigenvalue weighted by atomic mass is 79.9. The largest absolute Gasteiger partial charge is 0.352 e. The van der Waals surface area contributed by atoms with Gasteiger partial charge in [-0.25, -0.2) is 0 Å². The molecule has 7 heteroatoms. The first-order valence-corrected chi connectivity index (χ1v) is 9.61. The van der Waals surface area contributed by atoms with Gasteiger partial charge in [0.25, 0.3) is 0 Å². The zero-order valence-corrected chi connectivity index (χ0v) is 16.9. The molecular formula is C17H16Br2N2O2S. The van der Waals surface area contributed by atoms with Crippen LogP contribution in [0.15, 0.2) is 44.7 Å². The molecule has 24 heavy (non-hydrogen) atoms. The molecule has 2 aromatic rings. The van der Waals surface area contributed by atoms with Gasteiger partial charge in [-0.05, 0) is 58.8 Å². The molecule has 0 spiro atoms. The molecule has 0 fully saturated rings. The summed E-state index contributed by atoms with van der Waals surface area (Å²) in [6.07, 6.45) is 3.43. The molecule has 0 radical (unpaired) electrons. The van der Waals surface area contributed by atoms with E-state index in [-0.39, 0.29) is 24.8 Å². The third-order valence-corrected chi connectivity index (χ3v) is 5.20. The van der Waals surface area contributed by atoms with Crippen LogP contribution in [-0.4, -0.2) is 18.4 Å². The number of rotatable bonds is 6. The topological polar surface area (TPSA) is 58.2 Å². The van der Waals surface area contributed by atoms with Crippen LogP contribution in [0.4, 0.5) is 5.69 Å². The Bertz CT molecular complexity index is 772. The molecule has 0 unspecified atom stereocenters. The fraction of sp³-hybridized carbons (Fsp3) is 0.176. The summed E-state index contributed by atoms with van der Waals surface area (Å²) in [4.78, 5) is 24.6. The fourth-order valence-corrected chi connectivity index (χ4v) is 3.56. The van der Waals surface area contributed by atoms with Gasteiger partial charge in [0.15, 0.2) is 0 Å². The van der Waals surface area contributed by atoms with E-state index in [0.29, 0.717) is 0 Å². The van der Waals surface area contributed by atoms with E-state index in [9.17, 15) is 9.59 Å². The first-order chi connectivity index (χ1) is 11.4. The van der Waals surface area contributed by atoms with Gasteiger partial charge in [-0.3, -0.25) is 9.59 Å². The Morgan fingerprint density at radius 2 is 2.00 bits per heavy atom. The summed E-state index contributed by atoms with van der Waals surface area (Å²) in [5.74, 6) is -0.353. The fourth-order valence-electron chi connectivity index (χ4n) is 1.88. The van der Waals surface area contributed by atoms with Gasteiger partial charge in [0.05, 0.1) is 3.79 Å². The van der Waals surface area contributed by atoms with Crippen molar-refractivity contribution in [2.75, 3.05) is 11.9 Å². The minimum absolute atomic E-state index is 0.136. The van der Waals surface area contributed by atoms with Crippen LogP contribution in [0.25, 0.3) is 6.08 Å². The number of thiophene rings is 1. The van der Waals surface area contributed by atoms with Crippen LogP contribution >= 0.6 is 43.2 Å². The highest BCUT2D eigenvalue weighted by molar-refractivity contribution is 9.11. The molecule has 0 aliphatic heterocycles. The molecule has 2 amide bonds. The van der Waals surface area contributed by atoms with Crippen LogP contribution in [-0.2, 0) is 9.59 Å². The lowest BCUT2D eigenvalue weighted by molar-refractivity contribution is -0.117. The number of halogens is 2. The van der Waals surface area contributed by atoms with E-state index in [1.807, 2.05) is 37.3 Å². The summed E-state index contributed by atoms with van der Waals surface area (Å²) >= 11 is 8.29. The molecule has 0 atom stereocenters. The Hall–Kier alpha value is -1.44. The predicted octanol–water partition coefficient (Wildman–Crippen LogP) is 4.74. The Kier molecular flexibility index (Phi) is 7.20. The molecule has 2 rings (SSSR count). The van der Waals surface area contributed by atoms with Crippen LogP contribution in [0.1, 0.15) is 16.9 Å². The zero-order chi connectivity index (χ0) is 17.5. The highest BCUT2D eigenvalue weighted by Crippen LogP contribution is 2.23. The second-order valence-electron chi connectivity index (χ2n) is 5.02. The number of amides is 2. The third kappa shape index (κ3) is 6.22. The van der Waals surface area contributed by atoms with Crippen molar-refractivity contribution in [3.8, 4) is 0 Å². The van der Waals surface area contributed by atoms with Gasteiger partial charge < -0.3 is 10.6 Å². The number of benzene rings is 1. The molecule has 0 bridgehead atoms. The Morgan fingerprint density at radius 1 is 1.21 bits per heavy atom. The van der Waals surface area contributed by atoms with Gasteiger partial charge in [0, 0.05) is 34.1 Å². The maximum Gasteiger partial charge on any atom is 0.244 e. The SMILES string of the molecule is Cc1ccc(Br)cc1NC(=O)CCNC(=O)/C=C/c1ccc(Br)s1. The number of anilines is 1.